The predicted octanol–water partition coefficient (Wildman–Crippen LogP) is 7.86. The Bertz CT molecular complexity index is 2140. The molecule has 48 heavy (non-hydrogen) atoms. The third kappa shape index (κ3) is 6.75. The fraction of sp³-hybridized carbons (Fsp3) is 0.135. The molecule has 0 saturated carbocycles. The molecule has 0 saturated heterocycles. The predicted molar refractivity (Wildman–Crippen MR) is 187 cm³/mol. The van der Waals surface area contributed by atoms with E-state index in [9.17, 15) is 9.59 Å². The van der Waals surface area contributed by atoms with Gasteiger partial charge in [-0.1, -0.05) is 53.5 Å². The third-order valence-electron chi connectivity index (χ3n) is 7.76. The number of aromatic nitrogens is 4. The smallest absolute Gasteiger partial charge is 0.338 e. The summed E-state index contributed by atoms with van der Waals surface area (Å²) in [6, 6.07) is 20.6. The van der Waals surface area contributed by atoms with Crippen molar-refractivity contribution in [2.75, 3.05) is 6.61 Å². The number of aryl methyl sites for hydroxylation is 1. The van der Waals surface area contributed by atoms with Crippen LogP contribution in [0.3, 0.4) is 0 Å². The van der Waals surface area contributed by atoms with Crippen LogP contribution in [0.5, 0.6) is 5.75 Å². The van der Waals surface area contributed by atoms with Gasteiger partial charge in [0.05, 0.1) is 34.9 Å². The van der Waals surface area contributed by atoms with E-state index in [2.05, 4.69) is 4.98 Å². The van der Waals surface area contributed by atoms with Gasteiger partial charge in [-0.25, -0.2) is 14.8 Å². The molecule has 0 bridgehead atoms. The summed E-state index contributed by atoms with van der Waals surface area (Å²) in [6.07, 6.45) is 10.2. The summed E-state index contributed by atoms with van der Waals surface area (Å²) in [7, 11) is 0. The van der Waals surface area contributed by atoms with E-state index in [1.165, 1.54) is 6.08 Å². The third-order valence-corrected chi connectivity index (χ3v) is 8.53. The Morgan fingerprint density at radius 3 is 2.56 bits per heavy atom. The monoisotopic (exact) mass is 679 g/mol. The molecule has 0 amide bonds. The number of halogens is 2. The lowest BCUT2D eigenvalue weighted by Crippen LogP contribution is -2.22. The SMILES string of the molecule is CCOC(=O)c1ccc(/C=C/C(=O)C(N)c2cccn2-c2ccc(Cl)c(COc3cccc4c(-n5ccnc5)cc(C)nc34)c2Cl)cc1. The Morgan fingerprint density at radius 1 is 1.00 bits per heavy atom. The highest BCUT2D eigenvalue weighted by molar-refractivity contribution is 6.37. The fourth-order valence-corrected chi connectivity index (χ4v) is 5.92. The maximum absolute atomic E-state index is 13.2. The number of hydrogen-bond acceptors (Lipinski definition) is 7. The first-order valence-electron chi connectivity index (χ1n) is 15.2. The van der Waals surface area contributed by atoms with Crippen LogP contribution in [0.1, 0.15) is 45.8 Å². The van der Waals surface area contributed by atoms with Gasteiger partial charge in [0.15, 0.2) is 5.78 Å². The van der Waals surface area contributed by atoms with E-state index in [1.54, 1.807) is 84.8 Å². The van der Waals surface area contributed by atoms with Gasteiger partial charge in [-0.15, -0.1) is 0 Å². The molecule has 0 aliphatic rings. The molecule has 3 aromatic carbocycles. The summed E-state index contributed by atoms with van der Waals surface area (Å²) in [5.74, 6) is -0.137. The van der Waals surface area contributed by atoms with Gasteiger partial charge in [0, 0.05) is 46.0 Å². The Balaban J connectivity index is 1.23. The normalized spacial score (nSPS) is 12.0. The van der Waals surface area contributed by atoms with Crippen LogP contribution in [0.15, 0.2) is 104 Å². The number of hydrogen-bond donors (Lipinski definition) is 1. The minimum atomic E-state index is -0.976. The first-order valence-corrected chi connectivity index (χ1v) is 15.9. The van der Waals surface area contributed by atoms with E-state index in [1.807, 2.05) is 42.0 Å². The van der Waals surface area contributed by atoms with Crippen LogP contribution < -0.4 is 10.5 Å². The summed E-state index contributed by atoms with van der Waals surface area (Å²) >= 11 is 13.6. The van der Waals surface area contributed by atoms with E-state index >= 15 is 0 Å². The Morgan fingerprint density at radius 2 is 1.81 bits per heavy atom. The zero-order chi connectivity index (χ0) is 33.8. The maximum Gasteiger partial charge on any atom is 0.338 e. The highest BCUT2D eigenvalue weighted by Crippen LogP contribution is 2.35. The highest BCUT2D eigenvalue weighted by Gasteiger charge is 2.21. The van der Waals surface area contributed by atoms with Gasteiger partial charge in [-0.2, -0.15) is 0 Å². The topological polar surface area (TPSA) is 114 Å². The largest absolute Gasteiger partial charge is 0.487 e. The number of ketones is 1. The van der Waals surface area contributed by atoms with Gasteiger partial charge in [-0.3, -0.25) is 4.79 Å². The van der Waals surface area contributed by atoms with Crippen LogP contribution in [0, 0.1) is 6.92 Å². The van der Waals surface area contributed by atoms with Crippen molar-refractivity contribution in [2.45, 2.75) is 26.5 Å². The minimum absolute atomic E-state index is 0.0694. The van der Waals surface area contributed by atoms with E-state index in [-0.39, 0.29) is 12.4 Å². The van der Waals surface area contributed by atoms with Crippen LogP contribution in [0.25, 0.3) is 28.4 Å². The van der Waals surface area contributed by atoms with Crippen molar-refractivity contribution in [2.24, 2.45) is 5.73 Å². The van der Waals surface area contributed by atoms with Crippen LogP contribution in [0.4, 0.5) is 0 Å². The molecule has 1 atom stereocenters. The standard InChI is InChI=1S/C37H31Cl2N5O4/c1-3-47-37(46)25-12-9-24(10-13-25)11-16-32(45)35(40)30-7-5-18-44(30)29-15-14-28(38)27(34(29)39)21-48-33-8-4-6-26-31(43-19-17-41-22-43)20-23(2)42-36(26)33/h4-20,22,35H,3,21,40H2,1-2H3/b16-11+. The summed E-state index contributed by atoms with van der Waals surface area (Å²) in [5.41, 5.74) is 11.8. The zero-order valence-electron chi connectivity index (χ0n) is 26.1. The number of imidazole rings is 1. The number of benzene rings is 3. The van der Waals surface area contributed by atoms with Gasteiger partial charge < -0.3 is 24.3 Å². The number of fused-ring (bicyclic) bond motifs is 1. The van der Waals surface area contributed by atoms with Crippen molar-refractivity contribution in [1.82, 2.24) is 19.1 Å². The summed E-state index contributed by atoms with van der Waals surface area (Å²) < 4.78 is 15.0. The quantitative estimate of drug-likeness (QED) is 0.109. The molecule has 6 aromatic rings. The number of carbonyl (C=O) groups is 2. The number of nitrogens with two attached hydrogens (primary N) is 1. The first kappa shape index (κ1) is 32.7. The Kier molecular flexibility index (Phi) is 9.72. The second-order valence-corrected chi connectivity index (χ2v) is 11.7. The van der Waals surface area contributed by atoms with Gasteiger partial charge in [-0.05, 0) is 74.0 Å². The Labute approximate surface area is 287 Å². The lowest BCUT2D eigenvalue weighted by Gasteiger charge is -2.18. The number of esters is 1. The second kappa shape index (κ2) is 14.3. The van der Waals surface area contributed by atoms with Crippen molar-refractivity contribution in [3.63, 3.8) is 0 Å². The average Bonchev–Trinajstić information content (AvgIpc) is 3.80. The molecule has 242 valence electrons. The van der Waals surface area contributed by atoms with Crippen molar-refractivity contribution >= 4 is 51.9 Å². The molecule has 0 fully saturated rings. The molecule has 1 unspecified atom stereocenters. The van der Waals surface area contributed by atoms with Gasteiger partial charge in [0.2, 0.25) is 0 Å². The van der Waals surface area contributed by atoms with Crippen LogP contribution in [0.2, 0.25) is 10.0 Å². The van der Waals surface area contributed by atoms with E-state index in [0.717, 1.165) is 22.3 Å². The highest BCUT2D eigenvalue weighted by atomic mass is 35.5. The molecule has 2 N–H and O–H groups in total. The number of ether oxygens (including phenoxy) is 2. The fourth-order valence-electron chi connectivity index (χ4n) is 5.35. The van der Waals surface area contributed by atoms with Gasteiger partial charge >= 0.3 is 5.97 Å². The van der Waals surface area contributed by atoms with Gasteiger partial charge in [0.25, 0.3) is 0 Å². The number of rotatable bonds is 11. The molecule has 0 spiro atoms. The summed E-state index contributed by atoms with van der Waals surface area (Å²) in [4.78, 5) is 34.0. The maximum atomic E-state index is 13.2. The van der Waals surface area contributed by atoms with Crippen molar-refractivity contribution in [3.05, 3.63) is 142 Å². The lowest BCUT2D eigenvalue weighted by molar-refractivity contribution is -0.115. The lowest BCUT2D eigenvalue weighted by atomic mass is 10.1. The second-order valence-electron chi connectivity index (χ2n) is 10.9. The number of pyridine rings is 1. The van der Waals surface area contributed by atoms with E-state index in [4.69, 9.17) is 43.4 Å². The molecule has 3 aromatic heterocycles. The Hall–Kier alpha value is -5.22. The number of para-hydroxylation sites is 1. The molecule has 6 rings (SSSR count). The zero-order valence-corrected chi connectivity index (χ0v) is 27.7. The number of nitrogens with zero attached hydrogens (tertiary/aromatic N) is 4. The van der Waals surface area contributed by atoms with Crippen LogP contribution in [-0.4, -0.2) is 37.5 Å². The van der Waals surface area contributed by atoms with Crippen molar-refractivity contribution in [3.8, 4) is 17.1 Å². The molecule has 3 heterocycles. The molecular weight excluding hydrogens is 649 g/mol. The molecule has 9 nitrogen and oxygen atoms in total. The summed E-state index contributed by atoms with van der Waals surface area (Å²) in [6.45, 7) is 4.04. The van der Waals surface area contributed by atoms with E-state index < -0.39 is 12.0 Å². The van der Waals surface area contributed by atoms with Crippen molar-refractivity contribution in [1.29, 1.82) is 0 Å². The van der Waals surface area contributed by atoms with Gasteiger partial charge in [0.1, 0.15) is 23.9 Å². The molecule has 11 heteroatoms. The van der Waals surface area contributed by atoms with Crippen LogP contribution >= 0.6 is 23.2 Å². The van der Waals surface area contributed by atoms with Crippen molar-refractivity contribution < 1.29 is 19.1 Å². The summed E-state index contributed by atoms with van der Waals surface area (Å²) in [5, 5.41) is 1.69. The average molecular weight is 681 g/mol. The molecule has 0 aliphatic heterocycles. The molecular formula is C37H31Cl2N5O4. The molecule has 0 aliphatic carbocycles. The first-order chi connectivity index (χ1) is 23.2. The minimum Gasteiger partial charge on any atom is -0.487 e. The van der Waals surface area contributed by atoms with Crippen LogP contribution in [-0.2, 0) is 16.1 Å². The number of carbonyl (C=O) groups excluding carboxylic acids is 2. The molecule has 0 radical (unpaired) electrons. The van der Waals surface area contributed by atoms with E-state index in [0.29, 0.717) is 50.4 Å².